The molecular weight excluding hydrogens is 332 g/mol. The van der Waals surface area contributed by atoms with Gasteiger partial charge < -0.3 is 22.1 Å². The number of aliphatic imine (C=N–C) groups is 1. The van der Waals surface area contributed by atoms with Crippen LogP contribution in [0.5, 0.6) is 0 Å². The van der Waals surface area contributed by atoms with E-state index in [1.807, 2.05) is 12.1 Å². The molecule has 1 aliphatic heterocycles. The molecule has 6 N–H and O–H groups in total. The molecule has 1 atom stereocenters. The van der Waals surface area contributed by atoms with Crippen molar-refractivity contribution in [1.82, 2.24) is 15.5 Å². The third-order valence-corrected chi connectivity index (χ3v) is 4.50. The van der Waals surface area contributed by atoms with E-state index in [-0.39, 0.29) is 12.5 Å². The molecule has 1 aromatic carbocycles. The standard InChI is InChI=1S/C18H28N6O2/c1-2-24-9-3-4-15(24)11-23-18(20)22-10-13-5-7-14(8-6-13)17(26)21-12-16(19)25/h5-8,15H,2-4,9-12H2,1H3,(H2,19,25)(H,21,26)(H3,20,22,23). The van der Waals surface area contributed by atoms with Crippen molar-refractivity contribution in [1.29, 1.82) is 0 Å². The van der Waals surface area contributed by atoms with E-state index in [4.69, 9.17) is 11.5 Å². The largest absolute Gasteiger partial charge is 0.370 e. The minimum absolute atomic E-state index is 0.177. The second kappa shape index (κ2) is 9.76. The number of rotatable bonds is 8. The topological polar surface area (TPSA) is 126 Å². The molecule has 142 valence electrons. The van der Waals surface area contributed by atoms with E-state index in [2.05, 4.69) is 27.4 Å². The first-order chi connectivity index (χ1) is 12.5. The molecule has 0 aliphatic carbocycles. The number of nitrogens with one attached hydrogen (secondary N) is 2. The van der Waals surface area contributed by atoms with Crippen LogP contribution >= 0.6 is 0 Å². The number of hydrogen-bond acceptors (Lipinski definition) is 4. The van der Waals surface area contributed by atoms with Crippen LogP contribution in [0.2, 0.25) is 0 Å². The first-order valence-electron chi connectivity index (χ1n) is 8.93. The molecule has 1 heterocycles. The second-order valence-electron chi connectivity index (χ2n) is 6.35. The van der Waals surface area contributed by atoms with E-state index in [1.54, 1.807) is 12.1 Å². The van der Waals surface area contributed by atoms with Crippen LogP contribution in [0.25, 0.3) is 0 Å². The van der Waals surface area contributed by atoms with Crippen molar-refractivity contribution < 1.29 is 9.59 Å². The summed E-state index contributed by atoms with van der Waals surface area (Å²) in [4.78, 5) is 29.3. The summed E-state index contributed by atoms with van der Waals surface area (Å²) in [5.41, 5.74) is 12.4. The Morgan fingerprint density at radius 1 is 1.23 bits per heavy atom. The minimum Gasteiger partial charge on any atom is -0.370 e. The van der Waals surface area contributed by atoms with Gasteiger partial charge in [0.15, 0.2) is 5.96 Å². The summed E-state index contributed by atoms with van der Waals surface area (Å²) in [6, 6.07) is 7.51. The van der Waals surface area contributed by atoms with Crippen molar-refractivity contribution in [2.45, 2.75) is 32.4 Å². The van der Waals surface area contributed by atoms with E-state index in [0.29, 0.717) is 24.1 Å². The van der Waals surface area contributed by atoms with Crippen LogP contribution in [-0.4, -0.2) is 54.9 Å². The molecule has 0 bridgehead atoms. The van der Waals surface area contributed by atoms with Crippen molar-refractivity contribution in [2.75, 3.05) is 26.2 Å². The van der Waals surface area contributed by atoms with E-state index >= 15 is 0 Å². The average Bonchev–Trinajstić information content (AvgIpc) is 3.10. The van der Waals surface area contributed by atoms with Gasteiger partial charge in [-0.05, 0) is 43.6 Å². The molecule has 2 amide bonds. The van der Waals surface area contributed by atoms with Gasteiger partial charge in [-0.25, -0.2) is 4.99 Å². The highest BCUT2D eigenvalue weighted by Gasteiger charge is 2.22. The van der Waals surface area contributed by atoms with Gasteiger partial charge in [0.2, 0.25) is 5.91 Å². The number of nitrogens with zero attached hydrogens (tertiary/aromatic N) is 2. The lowest BCUT2D eigenvalue weighted by Crippen LogP contribution is -2.42. The number of likely N-dealkylation sites (N-methyl/N-ethyl adjacent to an activating group) is 1. The maximum atomic E-state index is 11.8. The van der Waals surface area contributed by atoms with Crippen molar-refractivity contribution in [2.24, 2.45) is 16.5 Å². The number of nitrogens with two attached hydrogens (primary N) is 2. The van der Waals surface area contributed by atoms with Crippen LogP contribution in [0.15, 0.2) is 29.3 Å². The summed E-state index contributed by atoms with van der Waals surface area (Å²) in [6.45, 7) is 5.45. The highest BCUT2D eigenvalue weighted by molar-refractivity contribution is 5.96. The summed E-state index contributed by atoms with van der Waals surface area (Å²) in [5.74, 6) is -0.486. The lowest BCUT2D eigenvalue weighted by Gasteiger charge is -2.23. The third-order valence-electron chi connectivity index (χ3n) is 4.50. The highest BCUT2D eigenvalue weighted by Crippen LogP contribution is 2.15. The quantitative estimate of drug-likeness (QED) is 0.377. The lowest BCUT2D eigenvalue weighted by molar-refractivity contribution is -0.117. The number of carbonyl (C=O) groups is 2. The minimum atomic E-state index is -0.577. The molecule has 8 heteroatoms. The van der Waals surface area contributed by atoms with Crippen LogP contribution in [-0.2, 0) is 11.3 Å². The molecule has 0 spiro atoms. The number of likely N-dealkylation sites (tertiary alicyclic amines) is 1. The SMILES string of the molecule is CCN1CCCC1CNC(N)=NCc1ccc(C(=O)NCC(N)=O)cc1. The Morgan fingerprint density at radius 3 is 2.62 bits per heavy atom. The van der Waals surface area contributed by atoms with Crippen LogP contribution in [0.3, 0.4) is 0 Å². The Bertz CT molecular complexity index is 644. The molecule has 26 heavy (non-hydrogen) atoms. The predicted octanol–water partition coefficient (Wildman–Crippen LogP) is -0.210. The number of hydrogen-bond donors (Lipinski definition) is 4. The van der Waals surface area contributed by atoms with Gasteiger partial charge in [0.1, 0.15) is 0 Å². The molecular formula is C18H28N6O2. The maximum Gasteiger partial charge on any atom is 0.251 e. The summed E-state index contributed by atoms with van der Waals surface area (Å²) in [7, 11) is 0. The summed E-state index contributed by atoms with van der Waals surface area (Å²) >= 11 is 0. The second-order valence-corrected chi connectivity index (χ2v) is 6.35. The number of guanidine groups is 1. The Balaban J connectivity index is 1.79. The fraction of sp³-hybridized carbons (Fsp3) is 0.500. The van der Waals surface area contributed by atoms with E-state index < -0.39 is 5.91 Å². The highest BCUT2D eigenvalue weighted by atomic mass is 16.2. The van der Waals surface area contributed by atoms with Gasteiger partial charge in [0.05, 0.1) is 13.1 Å². The van der Waals surface area contributed by atoms with E-state index in [0.717, 1.165) is 25.2 Å². The molecule has 1 aromatic rings. The Morgan fingerprint density at radius 2 is 1.96 bits per heavy atom. The van der Waals surface area contributed by atoms with Crippen LogP contribution in [0, 0.1) is 0 Å². The average molecular weight is 360 g/mol. The maximum absolute atomic E-state index is 11.8. The zero-order valence-electron chi connectivity index (χ0n) is 15.2. The van der Waals surface area contributed by atoms with Crippen LogP contribution in [0.4, 0.5) is 0 Å². The third kappa shape index (κ3) is 6.03. The van der Waals surface area contributed by atoms with E-state index in [9.17, 15) is 9.59 Å². The first kappa shape index (κ1) is 19.7. The summed E-state index contributed by atoms with van der Waals surface area (Å²) in [5, 5.41) is 5.64. The predicted molar refractivity (Wildman–Crippen MR) is 102 cm³/mol. The van der Waals surface area contributed by atoms with Crippen molar-refractivity contribution in [3.8, 4) is 0 Å². The van der Waals surface area contributed by atoms with Gasteiger partial charge in [0.25, 0.3) is 5.91 Å². The Labute approximate surface area is 154 Å². The normalized spacial score (nSPS) is 17.9. The van der Waals surface area contributed by atoms with Crippen molar-refractivity contribution >= 4 is 17.8 Å². The fourth-order valence-electron chi connectivity index (χ4n) is 3.03. The van der Waals surface area contributed by atoms with Gasteiger partial charge in [0, 0.05) is 18.2 Å². The van der Waals surface area contributed by atoms with Gasteiger partial charge in [-0.1, -0.05) is 19.1 Å². The van der Waals surface area contributed by atoms with Gasteiger partial charge in [-0.2, -0.15) is 0 Å². The van der Waals surface area contributed by atoms with Crippen LogP contribution in [0.1, 0.15) is 35.7 Å². The Kier molecular flexibility index (Phi) is 7.40. The molecule has 2 rings (SSSR count). The number of carbonyl (C=O) groups excluding carboxylic acids is 2. The zero-order valence-corrected chi connectivity index (χ0v) is 15.2. The number of primary amides is 1. The van der Waals surface area contributed by atoms with Crippen molar-refractivity contribution in [3.05, 3.63) is 35.4 Å². The van der Waals surface area contributed by atoms with Crippen molar-refractivity contribution in [3.63, 3.8) is 0 Å². The first-order valence-corrected chi connectivity index (χ1v) is 8.93. The summed E-state index contributed by atoms with van der Waals surface area (Å²) < 4.78 is 0. The van der Waals surface area contributed by atoms with Crippen LogP contribution < -0.4 is 22.1 Å². The Hall–Kier alpha value is -2.61. The lowest BCUT2D eigenvalue weighted by atomic mass is 10.1. The molecule has 1 unspecified atom stereocenters. The zero-order chi connectivity index (χ0) is 18.9. The fourth-order valence-corrected chi connectivity index (χ4v) is 3.03. The number of amides is 2. The molecule has 0 aromatic heterocycles. The monoisotopic (exact) mass is 360 g/mol. The number of benzene rings is 1. The summed E-state index contributed by atoms with van der Waals surface area (Å²) in [6.07, 6.45) is 2.42. The molecule has 1 aliphatic rings. The van der Waals surface area contributed by atoms with Gasteiger partial charge >= 0.3 is 0 Å². The molecule has 0 saturated carbocycles. The van der Waals surface area contributed by atoms with E-state index in [1.165, 1.54) is 12.8 Å². The smallest absolute Gasteiger partial charge is 0.251 e. The molecule has 8 nitrogen and oxygen atoms in total. The van der Waals surface area contributed by atoms with Gasteiger partial charge in [-0.15, -0.1) is 0 Å². The molecule has 1 saturated heterocycles. The van der Waals surface area contributed by atoms with Gasteiger partial charge in [-0.3, -0.25) is 14.5 Å². The molecule has 0 radical (unpaired) electrons. The molecule has 1 fully saturated rings.